The number of rotatable bonds is 8. The zero-order valence-electron chi connectivity index (χ0n) is 18.8. The van der Waals surface area contributed by atoms with E-state index in [4.69, 9.17) is 9.73 Å². The molecule has 0 aromatic heterocycles. The Labute approximate surface area is 193 Å². The molecule has 6 nitrogen and oxygen atoms in total. The maximum atomic E-state index is 13.1. The normalized spacial score (nSPS) is 15.2. The number of aliphatic imine (C=N–C) groups is 1. The Bertz CT molecular complexity index is 1170. The summed E-state index contributed by atoms with van der Waals surface area (Å²) in [4.78, 5) is 29.9. The van der Waals surface area contributed by atoms with Crippen LogP contribution in [0.3, 0.4) is 0 Å². The number of amides is 1. The molecule has 0 radical (unpaired) electrons. The van der Waals surface area contributed by atoms with E-state index in [1.807, 2.05) is 42.5 Å². The number of hydrogen-bond donors (Lipinski definition) is 2. The summed E-state index contributed by atoms with van der Waals surface area (Å²) in [5.41, 5.74) is 5.34. The van der Waals surface area contributed by atoms with Crippen molar-refractivity contribution in [2.24, 2.45) is 4.99 Å². The maximum absolute atomic E-state index is 13.1. The summed E-state index contributed by atoms with van der Waals surface area (Å²) in [7, 11) is 1.34. The molecule has 3 aromatic carbocycles. The molecule has 0 spiro atoms. The molecule has 0 saturated heterocycles. The van der Waals surface area contributed by atoms with Gasteiger partial charge in [0.25, 0.3) is 0 Å². The first-order valence-corrected chi connectivity index (χ1v) is 11.1. The predicted octanol–water partition coefficient (Wildman–Crippen LogP) is 4.48. The summed E-state index contributed by atoms with van der Waals surface area (Å²) in [6.45, 7) is 3.98. The number of nitrogens with one attached hydrogen (secondary N) is 2. The van der Waals surface area contributed by atoms with Gasteiger partial charge in [-0.05, 0) is 60.5 Å². The molecule has 1 aliphatic heterocycles. The van der Waals surface area contributed by atoms with Gasteiger partial charge < -0.3 is 15.4 Å². The predicted molar refractivity (Wildman–Crippen MR) is 130 cm³/mol. The first kappa shape index (κ1) is 22.4. The van der Waals surface area contributed by atoms with Gasteiger partial charge in [0.1, 0.15) is 5.92 Å². The minimum atomic E-state index is -0.581. The summed E-state index contributed by atoms with van der Waals surface area (Å²) in [5.74, 6) is -1.19. The fourth-order valence-corrected chi connectivity index (χ4v) is 3.97. The van der Waals surface area contributed by atoms with Crippen molar-refractivity contribution in [3.05, 3.63) is 95.1 Å². The number of carbonyl (C=O) groups excluding carboxylic acids is 2. The lowest BCUT2D eigenvalue weighted by Crippen LogP contribution is -2.21. The quantitative estimate of drug-likeness (QED) is 0.307. The highest BCUT2D eigenvalue weighted by Gasteiger charge is 2.35. The van der Waals surface area contributed by atoms with E-state index in [0.29, 0.717) is 17.0 Å². The summed E-state index contributed by atoms with van der Waals surface area (Å²) in [5, 5.41) is 6.24. The average Bonchev–Trinajstić information content (AvgIpc) is 3.18. The molecule has 2 N–H and O–H groups in total. The number of carbonyl (C=O) groups is 2. The fourth-order valence-electron chi connectivity index (χ4n) is 3.97. The van der Waals surface area contributed by atoms with Crippen LogP contribution in [0.1, 0.15) is 39.9 Å². The van der Waals surface area contributed by atoms with E-state index in [1.54, 1.807) is 18.2 Å². The lowest BCUT2D eigenvalue weighted by atomic mass is 9.90. The van der Waals surface area contributed by atoms with Crippen molar-refractivity contribution in [1.82, 2.24) is 5.32 Å². The lowest BCUT2D eigenvalue weighted by molar-refractivity contribution is -0.115. The zero-order valence-corrected chi connectivity index (χ0v) is 18.8. The standard InChI is InChI=1S/C27H27N3O3/c1-3-28-16-15-18-9-12-21(13-10-18)29-25(19-7-5-4-6-8-19)24-22-14-11-20(27(32)33-2)17-23(22)30-26(24)31/h4-14,17,24,28H,3,15-16H2,1-2H3,(H,30,31). The second kappa shape index (κ2) is 10.2. The zero-order chi connectivity index (χ0) is 23.2. The number of methoxy groups -OCH3 is 1. The molecule has 1 heterocycles. The SMILES string of the molecule is CCNCCc1ccc(N=C(c2ccccc2)C2C(=O)Nc3cc(C(=O)OC)ccc32)cc1. The van der Waals surface area contributed by atoms with Crippen LogP contribution >= 0.6 is 0 Å². The third kappa shape index (κ3) is 5.02. The van der Waals surface area contributed by atoms with Crippen LogP contribution in [0.4, 0.5) is 11.4 Å². The van der Waals surface area contributed by atoms with Crippen LogP contribution in [-0.2, 0) is 16.0 Å². The number of esters is 1. The van der Waals surface area contributed by atoms with E-state index in [9.17, 15) is 9.59 Å². The topological polar surface area (TPSA) is 79.8 Å². The minimum Gasteiger partial charge on any atom is -0.465 e. The van der Waals surface area contributed by atoms with Crippen LogP contribution < -0.4 is 10.6 Å². The molecule has 33 heavy (non-hydrogen) atoms. The molecule has 3 aromatic rings. The number of benzene rings is 3. The molecule has 0 bridgehead atoms. The number of nitrogens with zero attached hydrogens (tertiary/aromatic N) is 1. The minimum absolute atomic E-state index is 0.170. The van der Waals surface area contributed by atoms with Crippen molar-refractivity contribution in [2.45, 2.75) is 19.3 Å². The van der Waals surface area contributed by atoms with E-state index in [0.717, 1.165) is 36.3 Å². The number of anilines is 1. The van der Waals surface area contributed by atoms with E-state index in [1.165, 1.54) is 12.7 Å². The fraction of sp³-hybridized carbons (Fsp3) is 0.222. The van der Waals surface area contributed by atoms with Gasteiger partial charge in [0.15, 0.2) is 0 Å². The van der Waals surface area contributed by atoms with Crippen LogP contribution in [0.5, 0.6) is 0 Å². The largest absolute Gasteiger partial charge is 0.465 e. The second-order valence-corrected chi connectivity index (χ2v) is 7.85. The monoisotopic (exact) mass is 441 g/mol. The van der Waals surface area contributed by atoms with Crippen LogP contribution in [0.25, 0.3) is 0 Å². The van der Waals surface area contributed by atoms with Gasteiger partial charge >= 0.3 is 5.97 Å². The van der Waals surface area contributed by atoms with Crippen LogP contribution in [0.2, 0.25) is 0 Å². The lowest BCUT2D eigenvalue weighted by Gasteiger charge is -2.14. The highest BCUT2D eigenvalue weighted by molar-refractivity contribution is 6.24. The second-order valence-electron chi connectivity index (χ2n) is 7.85. The summed E-state index contributed by atoms with van der Waals surface area (Å²) >= 11 is 0. The van der Waals surface area contributed by atoms with Gasteiger partial charge in [0, 0.05) is 5.69 Å². The van der Waals surface area contributed by atoms with Crippen molar-refractivity contribution < 1.29 is 14.3 Å². The Morgan fingerprint density at radius 1 is 1.03 bits per heavy atom. The molecular formula is C27H27N3O3. The van der Waals surface area contributed by atoms with Crippen LogP contribution in [-0.4, -0.2) is 37.8 Å². The first-order chi connectivity index (χ1) is 16.1. The average molecular weight is 442 g/mol. The van der Waals surface area contributed by atoms with Gasteiger partial charge in [-0.2, -0.15) is 0 Å². The Morgan fingerprint density at radius 3 is 2.48 bits per heavy atom. The van der Waals surface area contributed by atoms with Gasteiger partial charge in [-0.15, -0.1) is 0 Å². The Morgan fingerprint density at radius 2 is 1.79 bits per heavy atom. The molecule has 4 rings (SSSR count). The number of hydrogen-bond acceptors (Lipinski definition) is 5. The molecule has 1 atom stereocenters. The van der Waals surface area contributed by atoms with E-state index in [-0.39, 0.29) is 5.91 Å². The maximum Gasteiger partial charge on any atom is 0.337 e. The Balaban J connectivity index is 1.71. The number of likely N-dealkylation sites (N-methyl/N-ethyl adjacent to an activating group) is 1. The Kier molecular flexibility index (Phi) is 6.95. The number of ether oxygens (including phenoxy) is 1. The van der Waals surface area contributed by atoms with Gasteiger partial charge in [0.05, 0.1) is 24.1 Å². The molecule has 168 valence electrons. The smallest absolute Gasteiger partial charge is 0.337 e. The van der Waals surface area contributed by atoms with Gasteiger partial charge in [-0.1, -0.05) is 55.5 Å². The van der Waals surface area contributed by atoms with Gasteiger partial charge in [0.2, 0.25) is 5.91 Å². The first-order valence-electron chi connectivity index (χ1n) is 11.1. The summed E-state index contributed by atoms with van der Waals surface area (Å²) < 4.78 is 4.81. The molecule has 6 heteroatoms. The molecular weight excluding hydrogens is 414 g/mol. The molecule has 0 aliphatic carbocycles. The van der Waals surface area contributed by atoms with Gasteiger partial charge in [-0.3, -0.25) is 9.79 Å². The van der Waals surface area contributed by atoms with Crippen molar-refractivity contribution in [3.63, 3.8) is 0 Å². The molecule has 1 unspecified atom stereocenters. The molecule has 0 fully saturated rings. The van der Waals surface area contributed by atoms with Crippen molar-refractivity contribution in [1.29, 1.82) is 0 Å². The van der Waals surface area contributed by atoms with Gasteiger partial charge in [-0.25, -0.2) is 4.79 Å². The molecule has 1 amide bonds. The highest BCUT2D eigenvalue weighted by atomic mass is 16.5. The summed E-state index contributed by atoms with van der Waals surface area (Å²) in [6.07, 6.45) is 0.949. The van der Waals surface area contributed by atoms with E-state index in [2.05, 4.69) is 29.7 Å². The molecule has 1 aliphatic rings. The summed E-state index contributed by atoms with van der Waals surface area (Å²) in [6, 6.07) is 23.0. The van der Waals surface area contributed by atoms with Crippen LogP contribution in [0.15, 0.2) is 77.8 Å². The molecule has 0 saturated carbocycles. The third-order valence-electron chi connectivity index (χ3n) is 5.67. The number of fused-ring (bicyclic) bond motifs is 1. The van der Waals surface area contributed by atoms with E-state index >= 15 is 0 Å². The van der Waals surface area contributed by atoms with Crippen LogP contribution in [0, 0.1) is 0 Å². The third-order valence-corrected chi connectivity index (χ3v) is 5.67. The van der Waals surface area contributed by atoms with Crippen molar-refractivity contribution in [3.8, 4) is 0 Å². The Hall–Kier alpha value is -3.77. The van der Waals surface area contributed by atoms with Crippen molar-refractivity contribution >= 4 is 29.0 Å². The highest BCUT2D eigenvalue weighted by Crippen LogP contribution is 2.37. The van der Waals surface area contributed by atoms with Crippen molar-refractivity contribution in [2.75, 3.05) is 25.5 Å². The van der Waals surface area contributed by atoms with E-state index < -0.39 is 11.9 Å².